The Morgan fingerprint density at radius 3 is 2.67 bits per heavy atom. The lowest BCUT2D eigenvalue weighted by Gasteiger charge is -2.06. The highest BCUT2D eigenvalue weighted by Crippen LogP contribution is 1.98. The van der Waals surface area contributed by atoms with E-state index in [1.54, 1.807) is 0 Å². The Balaban J connectivity index is 3.46. The summed E-state index contributed by atoms with van der Waals surface area (Å²) in [7, 11) is 0. The zero-order valence-corrected chi connectivity index (χ0v) is 6.11. The first-order valence-corrected chi connectivity index (χ1v) is 3.29. The van der Waals surface area contributed by atoms with Crippen LogP contribution in [0, 0.1) is 12.8 Å². The smallest absolute Gasteiger partial charge is 0.222 e. The molecular weight excluding hydrogens is 114 g/mol. The van der Waals surface area contributed by atoms with E-state index in [1.165, 1.54) is 0 Å². The Kier molecular flexibility index (Phi) is 4.10. The van der Waals surface area contributed by atoms with Gasteiger partial charge in [0.1, 0.15) is 0 Å². The standard InChI is InChI=1S/C7H14NO/c1-4-6(3)7(9)8-5-2/h6H,2,4-5H2,1,3H3,(H,8,9). The molecule has 9 heavy (non-hydrogen) atoms. The van der Waals surface area contributed by atoms with Crippen LogP contribution in [0.15, 0.2) is 0 Å². The molecule has 2 heteroatoms. The number of rotatable bonds is 3. The van der Waals surface area contributed by atoms with Crippen LogP contribution in [0.3, 0.4) is 0 Å². The molecule has 0 aromatic heterocycles. The van der Waals surface area contributed by atoms with Crippen LogP contribution in [-0.4, -0.2) is 12.5 Å². The highest BCUT2D eigenvalue weighted by Gasteiger charge is 2.06. The molecule has 1 N–H and O–H groups in total. The molecule has 1 unspecified atom stereocenters. The van der Waals surface area contributed by atoms with Crippen molar-refractivity contribution in [1.82, 2.24) is 5.32 Å². The van der Waals surface area contributed by atoms with Crippen molar-refractivity contribution in [2.45, 2.75) is 20.3 Å². The van der Waals surface area contributed by atoms with Crippen LogP contribution < -0.4 is 5.32 Å². The van der Waals surface area contributed by atoms with Gasteiger partial charge in [0.2, 0.25) is 5.91 Å². The zero-order chi connectivity index (χ0) is 7.28. The predicted octanol–water partition coefficient (Wildman–Crippen LogP) is 0.983. The van der Waals surface area contributed by atoms with Gasteiger partial charge in [-0.2, -0.15) is 0 Å². The fourth-order valence-electron chi connectivity index (χ4n) is 0.483. The molecule has 0 saturated heterocycles. The largest absolute Gasteiger partial charge is 0.356 e. The molecule has 1 amide bonds. The van der Waals surface area contributed by atoms with E-state index < -0.39 is 0 Å². The van der Waals surface area contributed by atoms with Crippen LogP contribution in [-0.2, 0) is 4.79 Å². The minimum absolute atomic E-state index is 0.104. The van der Waals surface area contributed by atoms with Crippen molar-refractivity contribution in [3.63, 3.8) is 0 Å². The van der Waals surface area contributed by atoms with Gasteiger partial charge < -0.3 is 5.32 Å². The third-order valence-electron chi connectivity index (χ3n) is 1.36. The Hall–Kier alpha value is -0.530. The molecule has 2 nitrogen and oxygen atoms in total. The summed E-state index contributed by atoms with van der Waals surface area (Å²) in [6.45, 7) is 7.90. The summed E-state index contributed by atoms with van der Waals surface area (Å²) in [5.74, 6) is 0.235. The lowest BCUT2D eigenvalue weighted by molar-refractivity contribution is -0.124. The molecule has 1 radical (unpaired) electrons. The third-order valence-corrected chi connectivity index (χ3v) is 1.36. The Morgan fingerprint density at radius 1 is 1.78 bits per heavy atom. The van der Waals surface area contributed by atoms with Crippen LogP contribution >= 0.6 is 0 Å². The van der Waals surface area contributed by atoms with E-state index in [1.807, 2.05) is 13.8 Å². The second-order valence-corrected chi connectivity index (χ2v) is 2.10. The lowest BCUT2D eigenvalue weighted by Crippen LogP contribution is -2.28. The van der Waals surface area contributed by atoms with Crippen LogP contribution in [0.4, 0.5) is 0 Å². The van der Waals surface area contributed by atoms with E-state index in [-0.39, 0.29) is 11.8 Å². The van der Waals surface area contributed by atoms with E-state index in [9.17, 15) is 4.79 Å². The fourth-order valence-corrected chi connectivity index (χ4v) is 0.483. The van der Waals surface area contributed by atoms with Crippen molar-refractivity contribution in [3.8, 4) is 0 Å². The van der Waals surface area contributed by atoms with Crippen LogP contribution in [0.1, 0.15) is 20.3 Å². The lowest BCUT2D eigenvalue weighted by atomic mass is 10.1. The average molecular weight is 128 g/mol. The van der Waals surface area contributed by atoms with Gasteiger partial charge in [0.05, 0.1) is 0 Å². The minimum atomic E-state index is 0.104. The number of carbonyl (C=O) groups excluding carboxylic acids is 1. The highest BCUT2D eigenvalue weighted by atomic mass is 16.1. The van der Waals surface area contributed by atoms with Gasteiger partial charge in [-0.05, 0) is 13.3 Å². The van der Waals surface area contributed by atoms with E-state index in [0.29, 0.717) is 6.54 Å². The maximum atomic E-state index is 10.8. The van der Waals surface area contributed by atoms with Crippen LogP contribution in [0.2, 0.25) is 0 Å². The molecule has 1 atom stereocenters. The molecule has 0 aromatic carbocycles. The van der Waals surface area contributed by atoms with Gasteiger partial charge in [-0.15, -0.1) is 0 Å². The number of carbonyl (C=O) groups is 1. The second-order valence-electron chi connectivity index (χ2n) is 2.10. The summed E-state index contributed by atoms with van der Waals surface area (Å²) in [5.41, 5.74) is 0. The summed E-state index contributed by atoms with van der Waals surface area (Å²) in [6, 6.07) is 0. The normalized spacial score (nSPS) is 12.8. The average Bonchev–Trinajstić information content (AvgIpc) is 1.87. The highest BCUT2D eigenvalue weighted by molar-refractivity contribution is 5.78. The second kappa shape index (κ2) is 4.36. The molecule has 0 bridgehead atoms. The molecule has 0 aliphatic rings. The molecule has 0 rings (SSSR count). The molecule has 0 aromatic rings. The van der Waals surface area contributed by atoms with E-state index >= 15 is 0 Å². The molecule has 53 valence electrons. The maximum Gasteiger partial charge on any atom is 0.222 e. The Bertz CT molecular complexity index is 90.9. The van der Waals surface area contributed by atoms with Gasteiger partial charge in [0.25, 0.3) is 0 Å². The zero-order valence-electron chi connectivity index (χ0n) is 6.11. The number of hydrogen-bond acceptors (Lipinski definition) is 1. The third kappa shape index (κ3) is 3.12. The number of amides is 1. The van der Waals surface area contributed by atoms with Gasteiger partial charge in [0, 0.05) is 12.5 Å². The quantitative estimate of drug-likeness (QED) is 0.603. The summed E-state index contributed by atoms with van der Waals surface area (Å²) in [5, 5.41) is 2.65. The SMILES string of the molecule is [CH2]CNC(=O)C(C)CC. The van der Waals surface area contributed by atoms with E-state index in [4.69, 9.17) is 0 Å². The van der Waals surface area contributed by atoms with E-state index in [2.05, 4.69) is 12.2 Å². The maximum absolute atomic E-state index is 10.8. The molecule has 0 saturated carbocycles. The van der Waals surface area contributed by atoms with Gasteiger partial charge >= 0.3 is 0 Å². The molecule has 0 aliphatic carbocycles. The molecule has 0 aliphatic heterocycles. The van der Waals surface area contributed by atoms with Crippen molar-refractivity contribution in [3.05, 3.63) is 6.92 Å². The molecule has 0 spiro atoms. The topological polar surface area (TPSA) is 29.1 Å². The number of hydrogen-bond donors (Lipinski definition) is 1. The summed E-state index contributed by atoms with van der Waals surface area (Å²) < 4.78 is 0. The van der Waals surface area contributed by atoms with Crippen molar-refractivity contribution in [2.24, 2.45) is 5.92 Å². The van der Waals surface area contributed by atoms with Gasteiger partial charge in [-0.3, -0.25) is 4.79 Å². The predicted molar refractivity (Wildman–Crippen MR) is 37.8 cm³/mol. The summed E-state index contributed by atoms with van der Waals surface area (Å²) in [6.07, 6.45) is 0.895. The monoisotopic (exact) mass is 128 g/mol. The minimum Gasteiger partial charge on any atom is -0.356 e. The molecular formula is C7H14NO. The van der Waals surface area contributed by atoms with Crippen molar-refractivity contribution < 1.29 is 4.79 Å². The number of nitrogens with one attached hydrogen (secondary N) is 1. The van der Waals surface area contributed by atoms with E-state index in [0.717, 1.165) is 6.42 Å². The van der Waals surface area contributed by atoms with Gasteiger partial charge in [-0.1, -0.05) is 13.8 Å². The summed E-state index contributed by atoms with van der Waals surface area (Å²) >= 11 is 0. The molecule has 0 fully saturated rings. The van der Waals surface area contributed by atoms with Crippen molar-refractivity contribution in [2.75, 3.05) is 6.54 Å². The summed E-state index contributed by atoms with van der Waals surface area (Å²) in [4.78, 5) is 10.8. The van der Waals surface area contributed by atoms with Gasteiger partial charge in [-0.25, -0.2) is 0 Å². The van der Waals surface area contributed by atoms with Gasteiger partial charge in [0.15, 0.2) is 0 Å². The van der Waals surface area contributed by atoms with Crippen LogP contribution in [0.25, 0.3) is 0 Å². The fraction of sp³-hybridized carbons (Fsp3) is 0.714. The molecule has 0 heterocycles. The Morgan fingerprint density at radius 2 is 2.33 bits per heavy atom. The van der Waals surface area contributed by atoms with Crippen molar-refractivity contribution in [1.29, 1.82) is 0 Å². The van der Waals surface area contributed by atoms with Crippen molar-refractivity contribution >= 4 is 5.91 Å². The first-order chi connectivity index (χ1) is 4.22. The first kappa shape index (κ1) is 8.47. The Labute approximate surface area is 56.6 Å². The first-order valence-electron chi connectivity index (χ1n) is 3.29. The van der Waals surface area contributed by atoms with Crippen LogP contribution in [0.5, 0.6) is 0 Å².